The summed E-state index contributed by atoms with van der Waals surface area (Å²) in [5.41, 5.74) is 2.20. The Morgan fingerprint density at radius 2 is 1.48 bits per heavy atom. The minimum Gasteiger partial charge on any atom is -0.465 e. The van der Waals surface area contributed by atoms with Crippen molar-refractivity contribution in [3.8, 4) is 22.3 Å². The zero-order valence-electron chi connectivity index (χ0n) is 11.5. The average Bonchev–Trinajstić information content (AvgIpc) is 2.69. The van der Waals surface area contributed by atoms with E-state index in [0.717, 1.165) is 0 Å². The molecule has 0 atom stereocenters. The lowest BCUT2D eigenvalue weighted by Gasteiger charge is -2.04. The number of benzene rings is 1. The molecule has 0 saturated heterocycles. The van der Waals surface area contributed by atoms with Gasteiger partial charge in [-0.05, 0) is 11.1 Å². The molecule has 2 aliphatic carbocycles. The zero-order chi connectivity index (χ0) is 14.8. The van der Waals surface area contributed by atoms with Crippen LogP contribution in [0.4, 0.5) is 4.39 Å². The molecule has 0 amide bonds. The van der Waals surface area contributed by atoms with E-state index in [1.54, 1.807) is 42.5 Å². The fourth-order valence-electron chi connectivity index (χ4n) is 2.53. The van der Waals surface area contributed by atoms with E-state index in [2.05, 4.69) is 0 Å². The maximum absolute atomic E-state index is 14.8. The molecule has 0 saturated carbocycles. The highest BCUT2D eigenvalue weighted by Gasteiger charge is 2.28. The van der Waals surface area contributed by atoms with Crippen LogP contribution in [0.5, 0.6) is 0 Å². The number of carbonyl (C=O) groups excluding carboxylic acids is 1. The molecule has 0 bridgehead atoms. The van der Waals surface area contributed by atoms with Crippen molar-refractivity contribution in [3.63, 3.8) is 0 Å². The van der Waals surface area contributed by atoms with Gasteiger partial charge in [-0.1, -0.05) is 60.7 Å². The minimum absolute atomic E-state index is 0.271. The van der Waals surface area contributed by atoms with Gasteiger partial charge in [-0.2, -0.15) is 0 Å². The van der Waals surface area contributed by atoms with Gasteiger partial charge in [0.15, 0.2) is 0 Å². The van der Waals surface area contributed by atoms with Crippen molar-refractivity contribution in [3.05, 3.63) is 72.0 Å². The third-order valence-corrected chi connectivity index (χ3v) is 3.47. The number of halogens is 1. The van der Waals surface area contributed by atoms with E-state index < -0.39 is 11.8 Å². The number of carbonyl (C=O) groups is 1. The number of fused-ring (bicyclic) bond motifs is 1. The molecule has 104 valence electrons. The summed E-state index contributed by atoms with van der Waals surface area (Å²) in [4.78, 5) is 12.1. The standard InChI is InChI=1S/C18H13FO2/c1-21-18(20)16-13-10-6-3-7-11-14(13)17(19)15(16)12-8-4-2-5-9-12/h2-11H,1H3. The van der Waals surface area contributed by atoms with Crippen molar-refractivity contribution in [1.82, 2.24) is 0 Å². The van der Waals surface area contributed by atoms with E-state index in [1.807, 2.05) is 18.2 Å². The first-order valence-electron chi connectivity index (χ1n) is 6.58. The maximum Gasteiger partial charge on any atom is 0.339 e. The Morgan fingerprint density at radius 1 is 0.905 bits per heavy atom. The average molecular weight is 280 g/mol. The van der Waals surface area contributed by atoms with Crippen LogP contribution in [-0.4, -0.2) is 13.1 Å². The predicted molar refractivity (Wildman–Crippen MR) is 79.8 cm³/mol. The molecular weight excluding hydrogens is 267 g/mol. The summed E-state index contributed by atoms with van der Waals surface area (Å²) in [7, 11) is 1.30. The van der Waals surface area contributed by atoms with Gasteiger partial charge in [-0.25, -0.2) is 9.18 Å². The molecule has 3 heteroatoms. The summed E-state index contributed by atoms with van der Waals surface area (Å²) in [6.07, 6.45) is 0. The number of hydrogen-bond donors (Lipinski definition) is 0. The van der Waals surface area contributed by atoms with Crippen LogP contribution in [0.2, 0.25) is 0 Å². The highest BCUT2D eigenvalue weighted by atomic mass is 19.1. The molecule has 1 aromatic rings. The van der Waals surface area contributed by atoms with Crippen molar-refractivity contribution in [1.29, 1.82) is 0 Å². The fraction of sp³-hybridized carbons (Fsp3) is 0.0556. The van der Waals surface area contributed by atoms with E-state index in [-0.39, 0.29) is 5.56 Å². The van der Waals surface area contributed by atoms with Crippen molar-refractivity contribution in [2.75, 3.05) is 7.11 Å². The Hall–Kier alpha value is -2.68. The molecule has 0 unspecified atom stereocenters. The smallest absolute Gasteiger partial charge is 0.339 e. The second kappa shape index (κ2) is 5.37. The van der Waals surface area contributed by atoms with Crippen LogP contribution in [0.15, 0.2) is 60.7 Å². The lowest BCUT2D eigenvalue weighted by atomic mass is 10.0. The van der Waals surface area contributed by atoms with Gasteiger partial charge < -0.3 is 4.74 Å². The van der Waals surface area contributed by atoms with Crippen LogP contribution in [0.25, 0.3) is 22.3 Å². The second-order valence-electron chi connectivity index (χ2n) is 4.66. The molecule has 0 N–H and O–H groups in total. The van der Waals surface area contributed by atoms with Gasteiger partial charge in [0, 0.05) is 11.1 Å². The second-order valence-corrected chi connectivity index (χ2v) is 4.66. The van der Waals surface area contributed by atoms with Gasteiger partial charge in [-0.15, -0.1) is 0 Å². The summed E-state index contributed by atoms with van der Waals surface area (Å²) in [5, 5.41) is 0. The molecule has 21 heavy (non-hydrogen) atoms. The minimum atomic E-state index is -0.533. The lowest BCUT2D eigenvalue weighted by molar-refractivity contribution is 0.0602. The first kappa shape index (κ1) is 13.3. The Morgan fingerprint density at radius 3 is 2.10 bits per heavy atom. The lowest BCUT2D eigenvalue weighted by Crippen LogP contribution is -2.02. The SMILES string of the molecule is COC(=O)c1c2cccccc-2c(F)c1-c1ccccc1. The van der Waals surface area contributed by atoms with E-state index in [4.69, 9.17) is 4.74 Å². The topological polar surface area (TPSA) is 26.3 Å². The Bertz CT molecular complexity index is 766. The molecule has 2 aliphatic rings. The third-order valence-electron chi connectivity index (χ3n) is 3.47. The van der Waals surface area contributed by atoms with Crippen LogP contribution < -0.4 is 0 Å². The first-order valence-corrected chi connectivity index (χ1v) is 6.58. The summed E-state index contributed by atoms with van der Waals surface area (Å²) in [5.74, 6) is -0.929. The molecule has 2 nitrogen and oxygen atoms in total. The monoisotopic (exact) mass is 280 g/mol. The quantitative estimate of drug-likeness (QED) is 0.651. The highest BCUT2D eigenvalue weighted by Crippen LogP contribution is 2.41. The summed E-state index contributed by atoms with van der Waals surface area (Å²) < 4.78 is 19.7. The van der Waals surface area contributed by atoms with Crippen LogP contribution in [-0.2, 0) is 4.74 Å². The number of methoxy groups -OCH3 is 1. The van der Waals surface area contributed by atoms with Crippen molar-refractivity contribution in [2.45, 2.75) is 0 Å². The fourth-order valence-corrected chi connectivity index (χ4v) is 2.53. The maximum atomic E-state index is 14.8. The summed E-state index contributed by atoms with van der Waals surface area (Å²) in [6, 6.07) is 17.8. The number of esters is 1. The van der Waals surface area contributed by atoms with Crippen molar-refractivity contribution in [2.24, 2.45) is 0 Å². The predicted octanol–water partition coefficient (Wildman–Crippen LogP) is 4.38. The third kappa shape index (κ3) is 2.17. The number of hydrogen-bond acceptors (Lipinski definition) is 2. The zero-order valence-corrected chi connectivity index (χ0v) is 11.5. The van der Waals surface area contributed by atoms with E-state index in [0.29, 0.717) is 22.3 Å². The molecule has 0 aromatic heterocycles. The van der Waals surface area contributed by atoms with Gasteiger partial charge in [0.05, 0.1) is 12.7 Å². The molecule has 0 heterocycles. The molecule has 1 aromatic carbocycles. The number of rotatable bonds is 2. The van der Waals surface area contributed by atoms with E-state index >= 15 is 0 Å². The van der Waals surface area contributed by atoms with Crippen LogP contribution in [0, 0.1) is 5.82 Å². The van der Waals surface area contributed by atoms with Crippen LogP contribution >= 0.6 is 0 Å². The Kier molecular flexibility index (Phi) is 3.40. The Labute approximate surface area is 122 Å². The normalized spacial score (nSPS) is 10.6. The van der Waals surface area contributed by atoms with Gasteiger partial charge in [0.25, 0.3) is 0 Å². The van der Waals surface area contributed by atoms with Gasteiger partial charge >= 0.3 is 5.97 Å². The van der Waals surface area contributed by atoms with Crippen LogP contribution in [0.1, 0.15) is 10.4 Å². The molecule has 0 fully saturated rings. The summed E-state index contributed by atoms with van der Waals surface area (Å²) >= 11 is 0. The largest absolute Gasteiger partial charge is 0.465 e. The van der Waals surface area contributed by atoms with Crippen molar-refractivity contribution < 1.29 is 13.9 Å². The summed E-state index contributed by atoms with van der Waals surface area (Å²) in [6.45, 7) is 0. The van der Waals surface area contributed by atoms with Crippen LogP contribution in [0.3, 0.4) is 0 Å². The van der Waals surface area contributed by atoms with Gasteiger partial charge in [-0.3, -0.25) is 0 Å². The number of ether oxygens (including phenoxy) is 1. The van der Waals surface area contributed by atoms with E-state index in [9.17, 15) is 9.18 Å². The molecule has 0 spiro atoms. The first-order chi connectivity index (χ1) is 10.2. The molecule has 3 rings (SSSR count). The van der Waals surface area contributed by atoms with Gasteiger partial charge in [0.1, 0.15) is 5.82 Å². The molecule has 0 radical (unpaired) electrons. The molecule has 0 aliphatic heterocycles. The van der Waals surface area contributed by atoms with E-state index in [1.165, 1.54) is 7.11 Å². The Balaban J connectivity index is 2.40. The molecular formula is C18H13FO2. The van der Waals surface area contributed by atoms with Crippen molar-refractivity contribution >= 4 is 5.97 Å². The van der Waals surface area contributed by atoms with Gasteiger partial charge in [0.2, 0.25) is 0 Å². The highest BCUT2D eigenvalue weighted by molar-refractivity contribution is 6.07.